The van der Waals surface area contributed by atoms with E-state index in [1.54, 1.807) is 41.3 Å². The number of methoxy groups -OCH3 is 2. The van der Waals surface area contributed by atoms with Crippen molar-refractivity contribution in [2.24, 2.45) is 0 Å². The maximum absolute atomic E-state index is 13.6. The van der Waals surface area contributed by atoms with E-state index in [0.29, 0.717) is 34.5 Å². The number of amides is 3. The van der Waals surface area contributed by atoms with Crippen molar-refractivity contribution in [2.45, 2.75) is 25.0 Å². The summed E-state index contributed by atoms with van der Waals surface area (Å²) in [5, 5.41) is 2.76. The van der Waals surface area contributed by atoms with Gasteiger partial charge in [-0.2, -0.15) is 0 Å². The van der Waals surface area contributed by atoms with Crippen LogP contribution in [0.4, 0.5) is 5.69 Å². The molecule has 0 unspecified atom stereocenters. The van der Waals surface area contributed by atoms with Gasteiger partial charge in [-0.3, -0.25) is 19.3 Å². The fourth-order valence-corrected chi connectivity index (χ4v) is 6.76. The fourth-order valence-electron chi connectivity index (χ4n) is 5.08. The van der Waals surface area contributed by atoms with Crippen LogP contribution in [-0.2, 0) is 14.6 Å². The molecule has 11 heteroatoms. The highest BCUT2D eigenvalue weighted by Crippen LogP contribution is 2.49. The minimum absolute atomic E-state index is 0.0361. The molecule has 0 bridgehead atoms. The lowest BCUT2D eigenvalue weighted by Crippen LogP contribution is -2.49. The number of carbonyl (C=O) groups is 3. The fraction of sp³-hybridized carbons (Fsp3) is 0.375. The van der Waals surface area contributed by atoms with Crippen molar-refractivity contribution in [3.8, 4) is 11.5 Å². The number of anilines is 1. The molecule has 0 aliphatic carbocycles. The van der Waals surface area contributed by atoms with Gasteiger partial charge >= 0.3 is 0 Å². The van der Waals surface area contributed by atoms with Crippen molar-refractivity contribution in [1.82, 2.24) is 10.2 Å². The lowest BCUT2D eigenvalue weighted by Gasteiger charge is -2.40. The van der Waals surface area contributed by atoms with Gasteiger partial charge in [0.05, 0.1) is 42.5 Å². The molecule has 1 N–H and O–H groups in total. The quantitative estimate of drug-likeness (QED) is 0.639. The summed E-state index contributed by atoms with van der Waals surface area (Å²) in [5.41, 5.74) is 1.74. The van der Waals surface area contributed by atoms with Crippen molar-refractivity contribution in [2.75, 3.05) is 37.2 Å². The van der Waals surface area contributed by atoms with Gasteiger partial charge < -0.3 is 19.7 Å². The topological polar surface area (TPSA) is 122 Å². The molecular formula is C24H25N3O7S. The predicted molar refractivity (Wildman–Crippen MR) is 126 cm³/mol. The van der Waals surface area contributed by atoms with Crippen LogP contribution in [0.2, 0.25) is 0 Å². The van der Waals surface area contributed by atoms with Crippen LogP contribution in [0.1, 0.15) is 45.3 Å². The molecule has 3 aliphatic rings. The number of rotatable bonds is 6. The van der Waals surface area contributed by atoms with Gasteiger partial charge in [-0.25, -0.2) is 8.42 Å². The molecule has 0 saturated carbocycles. The van der Waals surface area contributed by atoms with Gasteiger partial charge in [0.1, 0.15) is 6.17 Å². The summed E-state index contributed by atoms with van der Waals surface area (Å²) < 4.78 is 34.3. The number of nitrogens with zero attached hydrogens (tertiary/aromatic N) is 2. The van der Waals surface area contributed by atoms with Crippen LogP contribution in [0.3, 0.4) is 0 Å². The van der Waals surface area contributed by atoms with Crippen molar-refractivity contribution in [3.63, 3.8) is 0 Å². The molecule has 3 heterocycles. The Morgan fingerprint density at radius 3 is 2.54 bits per heavy atom. The first-order valence-corrected chi connectivity index (χ1v) is 13.1. The summed E-state index contributed by atoms with van der Waals surface area (Å²) in [6.45, 7) is 0.0424. The van der Waals surface area contributed by atoms with E-state index in [2.05, 4.69) is 5.32 Å². The van der Waals surface area contributed by atoms with E-state index >= 15 is 0 Å². The number of para-hydroxylation sites is 1. The molecule has 0 spiro atoms. The van der Waals surface area contributed by atoms with Gasteiger partial charge in [0.25, 0.3) is 11.8 Å². The van der Waals surface area contributed by atoms with E-state index in [1.165, 1.54) is 19.1 Å². The maximum Gasteiger partial charge on any atom is 0.264 e. The molecule has 3 aliphatic heterocycles. The van der Waals surface area contributed by atoms with E-state index in [-0.39, 0.29) is 47.9 Å². The van der Waals surface area contributed by atoms with Gasteiger partial charge in [-0.1, -0.05) is 18.2 Å². The van der Waals surface area contributed by atoms with Gasteiger partial charge in [0.2, 0.25) is 5.91 Å². The van der Waals surface area contributed by atoms with Gasteiger partial charge in [-0.15, -0.1) is 0 Å². The maximum atomic E-state index is 13.6. The van der Waals surface area contributed by atoms with Gasteiger partial charge in [0, 0.05) is 24.6 Å². The second-order valence-electron chi connectivity index (χ2n) is 8.75. The van der Waals surface area contributed by atoms with Gasteiger partial charge in [0.15, 0.2) is 21.3 Å². The van der Waals surface area contributed by atoms with Crippen molar-refractivity contribution in [1.29, 1.82) is 0 Å². The Balaban J connectivity index is 1.48. The number of fused-ring (bicyclic) bond motifs is 5. The number of hydrogen-bond donors (Lipinski definition) is 1. The second-order valence-corrected chi connectivity index (χ2v) is 11.0. The number of sulfone groups is 1. The third kappa shape index (κ3) is 3.79. The van der Waals surface area contributed by atoms with Crippen molar-refractivity contribution >= 4 is 33.2 Å². The van der Waals surface area contributed by atoms with E-state index in [1.807, 2.05) is 0 Å². The number of benzene rings is 2. The van der Waals surface area contributed by atoms with E-state index in [0.717, 1.165) is 0 Å². The molecule has 1 saturated heterocycles. The summed E-state index contributed by atoms with van der Waals surface area (Å²) >= 11 is 0. The standard InChI is InChI=1S/C24H25N3O7S/c1-33-18-8-7-16-20(21(18)34-2)24(30)27-17-6-4-3-5-15(17)23(29)26(22(16)27)11-9-19(28)25-14-10-12-35(31,32)13-14/h3-8,14,22H,9-13H2,1-2H3,(H,25,28)/t14-,22+/m0/s1. The summed E-state index contributed by atoms with van der Waals surface area (Å²) in [4.78, 5) is 42.8. The minimum atomic E-state index is -3.13. The average molecular weight is 500 g/mol. The zero-order valence-corrected chi connectivity index (χ0v) is 20.1. The smallest absolute Gasteiger partial charge is 0.264 e. The molecular weight excluding hydrogens is 474 g/mol. The molecule has 3 amide bonds. The molecule has 10 nitrogen and oxygen atoms in total. The minimum Gasteiger partial charge on any atom is -0.493 e. The molecule has 5 rings (SSSR count). The highest BCUT2D eigenvalue weighted by Gasteiger charge is 2.49. The largest absolute Gasteiger partial charge is 0.493 e. The Morgan fingerprint density at radius 2 is 1.86 bits per heavy atom. The molecule has 0 radical (unpaired) electrons. The normalized spacial score (nSPS) is 21.9. The Hall–Kier alpha value is -3.60. The molecule has 2 atom stereocenters. The highest BCUT2D eigenvalue weighted by molar-refractivity contribution is 7.91. The van der Waals surface area contributed by atoms with Crippen LogP contribution in [0.15, 0.2) is 36.4 Å². The molecule has 2 aromatic carbocycles. The van der Waals surface area contributed by atoms with Crippen molar-refractivity contribution in [3.05, 3.63) is 53.1 Å². The number of hydrogen-bond acceptors (Lipinski definition) is 7. The lowest BCUT2D eigenvalue weighted by atomic mass is 10.0. The number of nitrogens with one attached hydrogen (secondary N) is 1. The molecule has 184 valence electrons. The van der Waals surface area contributed by atoms with Crippen LogP contribution in [0, 0.1) is 0 Å². The average Bonchev–Trinajstić information content (AvgIpc) is 3.34. The summed E-state index contributed by atoms with van der Waals surface area (Å²) in [6.07, 6.45) is -0.408. The zero-order chi connectivity index (χ0) is 24.9. The summed E-state index contributed by atoms with van der Waals surface area (Å²) in [7, 11) is -0.194. The predicted octanol–water partition coefficient (Wildman–Crippen LogP) is 1.51. The Kier molecular flexibility index (Phi) is 5.66. The molecule has 1 fully saturated rings. The zero-order valence-electron chi connectivity index (χ0n) is 19.3. The SMILES string of the molecule is COc1ccc2c(c1OC)C(=O)N1c3ccccc3C(=O)N(CCC(=O)N[C@H]3CCS(=O)(=O)C3)[C@@H]21. The van der Waals surface area contributed by atoms with Crippen molar-refractivity contribution < 1.29 is 32.3 Å². The third-order valence-electron chi connectivity index (χ3n) is 6.66. The summed E-state index contributed by atoms with van der Waals surface area (Å²) in [5.74, 6) is -0.303. The van der Waals surface area contributed by atoms with E-state index in [4.69, 9.17) is 9.47 Å². The summed E-state index contributed by atoms with van der Waals surface area (Å²) in [6, 6.07) is 9.85. The van der Waals surface area contributed by atoms with E-state index < -0.39 is 22.0 Å². The van der Waals surface area contributed by atoms with Crippen LogP contribution < -0.4 is 19.7 Å². The molecule has 2 aromatic rings. The Morgan fingerprint density at radius 1 is 1.09 bits per heavy atom. The number of ether oxygens (including phenoxy) is 2. The van der Waals surface area contributed by atoms with Gasteiger partial charge in [-0.05, 0) is 24.6 Å². The second kappa shape index (κ2) is 8.56. The first-order chi connectivity index (χ1) is 16.8. The van der Waals surface area contributed by atoms with E-state index in [9.17, 15) is 22.8 Å². The first kappa shape index (κ1) is 23.2. The first-order valence-electron chi connectivity index (χ1n) is 11.2. The Labute approximate surface area is 202 Å². The highest BCUT2D eigenvalue weighted by atomic mass is 32.2. The third-order valence-corrected chi connectivity index (χ3v) is 8.43. The Bertz CT molecular complexity index is 1340. The molecule has 0 aromatic heterocycles. The van der Waals surface area contributed by atoms with Crippen LogP contribution >= 0.6 is 0 Å². The van der Waals surface area contributed by atoms with Crippen LogP contribution in [0.5, 0.6) is 11.5 Å². The van der Waals surface area contributed by atoms with Crippen LogP contribution in [-0.4, -0.2) is 69.4 Å². The lowest BCUT2D eigenvalue weighted by molar-refractivity contribution is -0.121. The van der Waals surface area contributed by atoms with Crippen LogP contribution in [0.25, 0.3) is 0 Å². The monoisotopic (exact) mass is 499 g/mol. The number of carbonyl (C=O) groups excluding carboxylic acids is 3. The molecule has 35 heavy (non-hydrogen) atoms.